The van der Waals surface area contributed by atoms with Crippen molar-refractivity contribution in [2.45, 2.75) is 19.4 Å². The molecule has 3 rings (SSSR count). The number of hydrogen-bond acceptors (Lipinski definition) is 6. The lowest BCUT2D eigenvalue weighted by atomic mass is 9.93. The van der Waals surface area contributed by atoms with Gasteiger partial charge in [-0.05, 0) is 62.8 Å². The lowest BCUT2D eigenvalue weighted by Crippen LogP contribution is -2.42. The molecule has 0 spiro atoms. The predicted octanol–water partition coefficient (Wildman–Crippen LogP) is 4.45. The summed E-state index contributed by atoms with van der Waals surface area (Å²) >= 11 is 12.5. The number of benzene rings is 2. The third-order valence-electron chi connectivity index (χ3n) is 5.82. The number of esters is 1. The van der Waals surface area contributed by atoms with Crippen LogP contribution in [0.15, 0.2) is 24.3 Å². The highest BCUT2D eigenvalue weighted by Crippen LogP contribution is 2.37. The zero-order chi connectivity index (χ0) is 25.0. The second-order valence-electron chi connectivity index (χ2n) is 8.43. The molecule has 0 saturated carbocycles. The van der Waals surface area contributed by atoms with Crippen molar-refractivity contribution < 1.29 is 18.7 Å². The van der Waals surface area contributed by atoms with Crippen LogP contribution in [0, 0.1) is 5.82 Å². The van der Waals surface area contributed by atoms with Crippen LogP contribution < -0.4 is 10.6 Å². The van der Waals surface area contributed by atoms with E-state index >= 15 is 0 Å². The molecule has 0 fully saturated rings. The first-order valence-electron chi connectivity index (χ1n) is 10.9. The number of nitrogens with one attached hydrogen (secondary N) is 2. The summed E-state index contributed by atoms with van der Waals surface area (Å²) in [4.78, 5) is 28.8. The zero-order valence-corrected chi connectivity index (χ0v) is 21.2. The molecule has 1 amide bonds. The molecule has 10 heteroatoms. The molecule has 0 bridgehead atoms. The Balaban J connectivity index is 1.75. The highest BCUT2D eigenvalue weighted by Gasteiger charge is 2.29. The molecule has 0 aromatic heterocycles. The summed E-state index contributed by atoms with van der Waals surface area (Å²) in [5.41, 5.74) is 2.54. The topological polar surface area (TPSA) is 73.9 Å². The molecule has 7 nitrogen and oxygen atoms in total. The summed E-state index contributed by atoms with van der Waals surface area (Å²) in [5.74, 6) is -1.49. The minimum absolute atomic E-state index is 0.0881. The van der Waals surface area contributed by atoms with Gasteiger partial charge in [0.2, 0.25) is 5.91 Å². The molecule has 1 heterocycles. The fourth-order valence-electron chi connectivity index (χ4n) is 4.06. The second kappa shape index (κ2) is 11.3. The zero-order valence-electron chi connectivity index (χ0n) is 19.7. The standard InChI is InChI=1S/C24H29Cl2FN4O3/c1-14-23-15(9-16(25)10-18(23)26)5-7-31(14)22(32)13-29-21-12-20(28-6-8-30(2)3)17(11-19(21)27)24(33)34-4/h9-12,14,28-29H,5-8,13H2,1-4H3. The maximum absolute atomic E-state index is 14.8. The number of anilines is 2. The average Bonchev–Trinajstić information content (AvgIpc) is 2.77. The fourth-order valence-corrected chi connectivity index (χ4v) is 4.76. The van der Waals surface area contributed by atoms with Gasteiger partial charge >= 0.3 is 5.97 Å². The number of likely N-dealkylation sites (N-methyl/N-ethyl adjacent to an activating group) is 1. The summed E-state index contributed by atoms with van der Waals surface area (Å²) in [7, 11) is 5.09. The van der Waals surface area contributed by atoms with Gasteiger partial charge in [-0.25, -0.2) is 9.18 Å². The van der Waals surface area contributed by atoms with Crippen LogP contribution in [0.25, 0.3) is 0 Å². The van der Waals surface area contributed by atoms with Gasteiger partial charge in [-0.1, -0.05) is 23.2 Å². The first-order chi connectivity index (χ1) is 16.1. The number of ether oxygens (including phenoxy) is 1. The summed E-state index contributed by atoms with van der Waals surface area (Å²) in [6, 6.07) is 5.91. The molecular formula is C24H29Cl2FN4O3. The number of methoxy groups -OCH3 is 1. The van der Waals surface area contributed by atoms with Crippen LogP contribution in [0.5, 0.6) is 0 Å². The maximum Gasteiger partial charge on any atom is 0.340 e. The van der Waals surface area contributed by atoms with E-state index in [9.17, 15) is 14.0 Å². The Kier molecular flexibility index (Phi) is 8.62. The molecular weight excluding hydrogens is 482 g/mol. The summed E-state index contributed by atoms with van der Waals surface area (Å²) < 4.78 is 19.6. The molecule has 0 saturated heterocycles. The smallest absolute Gasteiger partial charge is 0.340 e. The van der Waals surface area contributed by atoms with E-state index in [1.54, 1.807) is 11.0 Å². The van der Waals surface area contributed by atoms with Crippen LogP contribution in [-0.2, 0) is 16.0 Å². The van der Waals surface area contributed by atoms with Crippen LogP contribution in [0.4, 0.5) is 15.8 Å². The molecule has 2 N–H and O–H groups in total. The van der Waals surface area contributed by atoms with Crippen molar-refractivity contribution in [3.8, 4) is 0 Å². The van der Waals surface area contributed by atoms with Gasteiger partial charge < -0.3 is 25.2 Å². The molecule has 1 unspecified atom stereocenters. The van der Waals surface area contributed by atoms with Crippen molar-refractivity contribution >= 4 is 46.5 Å². The first kappa shape index (κ1) is 26.1. The Labute approximate surface area is 209 Å². The number of amides is 1. The molecule has 0 radical (unpaired) electrons. The van der Waals surface area contributed by atoms with Gasteiger partial charge in [0.15, 0.2) is 0 Å². The highest BCUT2D eigenvalue weighted by atomic mass is 35.5. The van der Waals surface area contributed by atoms with Crippen molar-refractivity contribution in [2.24, 2.45) is 0 Å². The van der Waals surface area contributed by atoms with Crippen molar-refractivity contribution in [3.63, 3.8) is 0 Å². The minimum atomic E-state index is -0.652. The predicted molar refractivity (Wildman–Crippen MR) is 134 cm³/mol. The highest BCUT2D eigenvalue weighted by molar-refractivity contribution is 6.35. The van der Waals surface area contributed by atoms with Gasteiger partial charge in [-0.15, -0.1) is 0 Å². The average molecular weight is 511 g/mol. The monoisotopic (exact) mass is 510 g/mol. The van der Waals surface area contributed by atoms with Crippen LogP contribution in [0.1, 0.15) is 34.5 Å². The third-order valence-corrected chi connectivity index (χ3v) is 6.36. The van der Waals surface area contributed by atoms with Crippen molar-refractivity contribution in [2.75, 3.05) is 58.0 Å². The Morgan fingerprint density at radius 2 is 1.91 bits per heavy atom. The van der Waals surface area contributed by atoms with Crippen molar-refractivity contribution in [3.05, 3.63) is 56.8 Å². The number of hydrogen-bond donors (Lipinski definition) is 2. The lowest BCUT2D eigenvalue weighted by molar-refractivity contribution is -0.131. The fraction of sp³-hybridized carbons (Fsp3) is 0.417. The summed E-state index contributed by atoms with van der Waals surface area (Å²) in [6.07, 6.45) is 0.633. The Morgan fingerprint density at radius 3 is 2.59 bits per heavy atom. The van der Waals surface area contributed by atoms with E-state index in [-0.39, 0.29) is 29.7 Å². The Hall–Kier alpha value is -2.55. The van der Waals surface area contributed by atoms with Gasteiger partial charge in [0, 0.05) is 29.7 Å². The largest absolute Gasteiger partial charge is 0.465 e. The van der Waals surface area contributed by atoms with E-state index in [0.29, 0.717) is 41.8 Å². The number of carbonyl (C=O) groups is 2. The maximum atomic E-state index is 14.8. The van der Waals surface area contributed by atoms with Crippen molar-refractivity contribution in [1.82, 2.24) is 9.80 Å². The molecule has 2 aromatic rings. The molecule has 1 aliphatic heterocycles. The number of halogens is 3. The Bertz CT molecular complexity index is 1080. The molecule has 1 aliphatic rings. The SMILES string of the molecule is COC(=O)c1cc(F)c(NCC(=O)N2CCc3cc(Cl)cc(Cl)c3C2C)cc1NCCN(C)C. The minimum Gasteiger partial charge on any atom is -0.465 e. The normalized spacial score (nSPS) is 15.2. The van der Waals surface area contributed by atoms with Gasteiger partial charge in [-0.2, -0.15) is 0 Å². The van der Waals surface area contributed by atoms with E-state index in [0.717, 1.165) is 17.2 Å². The van der Waals surface area contributed by atoms with E-state index in [1.165, 1.54) is 13.2 Å². The van der Waals surface area contributed by atoms with Crippen molar-refractivity contribution in [1.29, 1.82) is 0 Å². The van der Waals surface area contributed by atoms with E-state index in [4.69, 9.17) is 27.9 Å². The molecule has 184 valence electrons. The molecule has 2 aromatic carbocycles. The quantitative estimate of drug-likeness (QED) is 0.511. The van der Waals surface area contributed by atoms with E-state index in [1.807, 2.05) is 32.0 Å². The molecule has 34 heavy (non-hydrogen) atoms. The van der Waals surface area contributed by atoms with E-state index in [2.05, 4.69) is 10.6 Å². The number of carbonyl (C=O) groups excluding carboxylic acids is 2. The number of fused-ring (bicyclic) bond motifs is 1. The van der Waals surface area contributed by atoms with E-state index < -0.39 is 11.8 Å². The van der Waals surface area contributed by atoms with Gasteiger partial charge in [0.25, 0.3) is 0 Å². The van der Waals surface area contributed by atoms with Crippen LogP contribution in [0.3, 0.4) is 0 Å². The third kappa shape index (κ3) is 5.92. The number of nitrogens with zero attached hydrogens (tertiary/aromatic N) is 2. The van der Waals surface area contributed by atoms with Gasteiger partial charge in [0.1, 0.15) is 5.82 Å². The second-order valence-corrected chi connectivity index (χ2v) is 9.27. The summed E-state index contributed by atoms with van der Waals surface area (Å²) in [6.45, 7) is 3.55. The summed E-state index contributed by atoms with van der Waals surface area (Å²) in [5, 5.41) is 7.11. The van der Waals surface area contributed by atoms with Crippen LogP contribution >= 0.6 is 23.2 Å². The molecule has 0 aliphatic carbocycles. The number of rotatable bonds is 8. The van der Waals surface area contributed by atoms with Gasteiger partial charge in [-0.3, -0.25) is 4.79 Å². The molecule has 1 atom stereocenters. The Morgan fingerprint density at radius 1 is 1.18 bits per heavy atom. The first-order valence-corrected chi connectivity index (χ1v) is 11.7. The lowest BCUT2D eigenvalue weighted by Gasteiger charge is -2.36. The van der Waals surface area contributed by atoms with Gasteiger partial charge in [0.05, 0.1) is 36.6 Å². The van der Waals surface area contributed by atoms with Crippen LogP contribution in [-0.4, -0.2) is 69.1 Å². The van der Waals surface area contributed by atoms with Crippen LogP contribution in [0.2, 0.25) is 10.0 Å².